The Morgan fingerprint density at radius 1 is 1.37 bits per heavy atom. The lowest BCUT2D eigenvalue weighted by atomic mass is 10.1. The minimum absolute atomic E-state index is 0.00998. The molecule has 1 amide bonds. The average molecular weight is 433 g/mol. The van der Waals surface area contributed by atoms with Gasteiger partial charge in [0.05, 0.1) is 0 Å². The second kappa shape index (κ2) is 7.03. The molecule has 4 rings (SSSR count). The van der Waals surface area contributed by atoms with Gasteiger partial charge >= 0.3 is 6.09 Å². The van der Waals surface area contributed by atoms with E-state index in [4.69, 9.17) is 10.5 Å². The third-order valence-corrected chi connectivity index (χ3v) is 5.07. The summed E-state index contributed by atoms with van der Waals surface area (Å²) in [5.41, 5.74) is 6.52. The molecule has 9 nitrogen and oxygen atoms in total. The van der Waals surface area contributed by atoms with Crippen LogP contribution in [-0.2, 0) is 11.3 Å². The molecule has 0 spiro atoms. The first-order valence-corrected chi connectivity index (χ1v) is 9.22. The number of nitrogens with two attached hydrogens (primary N) is 1. The molecular weight excluding hydrogens is 416 g/mol. The fraction of sp³-hybridized carbons (Fsp3) is 0.294. The molecule has 27 heavy (non-hydrogen) atoms. The van der Waals surface area contributed by atoms with E-state index in [1.165, 1.54) is 4.52 Å². The minimum Gasteiger partial charge on any atom is -0.445 e. The van der Waals surface area contributed by atoms with Crippen LogP contribution in [0.2, 0.25) is 0 Å². The number of aromatic amines is 1. The van der Waals surface area contributed by atoms with Gasteiger partial charge in [0, 0.05) is 19.0 Å². The maximum absolute atomic E-state index is 12.3. The van der Waals surface area contributed by atoms with Gasteiger partial charge in [-0.1, -0.05) is 30.3 Å². The molecule has 3 N–H and O–H groups in total. The van der Waals surface area contributed by atoms with Crippen LogP contribution < -0.4 is 11.3 Å². The highest BCUT2D eigenvalue weighted by Gasteiger charge is 2.32. The number of nitrogens with zero attached hydrogens (tertiary/aromatic N) is 4. The number of halogens is 1. The topological polar surface area (TPSA) is 119 Å². The summed E-state index contributed by atoms with van der Waals surface area (Å²) in [7, 11) is 0. The number of nitrogen functional groups attached to an aromatic ring is 1. The summed E-state index contributed by atoms with van der Waals surface area (Å²) < 4.78 is 7.23. The van der Waals surface area contributed by atoms with Gasteiger partial charge in [-0.25, -0.2) is 14.3 Å². The summed E-state index contributed by atoms with van der Waals surface area (Å²) in [6, 6.07) is 9.52. The molecule has 0 unspecified atom stereocenters. The Hall–Kier alpha value is -2.88. The Kier molecular flexibility index (Phi) is 4.56. The normalized spacial score (nSPS) is 16.8. The molecule has 3 aromatic rings. The molecule has 3 heterocycles. The Morgan fingerprint density at radius 2 is 2.15 bits per heavy atom. The standard InChI is InChI=1S/C17H17BrN6O3/c18-13-12-15(25)21-16(19)22-24(12)14(20-13)11-6-7-23(8-11)17(26)27-9-10-4-2-1-3-5-10/h1-5,11H,6-9H2,(H3,19,21,22,25)/t11-/m0/s1. The molecule has 2 aromatic heterocycles. The number of anilines is 1. The largest absolute Gasteiger partial charge is 0.445 e. The van der Waals surface area contributed by atoms with Crippen molar-refractivity contribution in [2.24, 2.45) is 0 Å². The average Bonchev–Trinajstić information content (AvgIpc) is 3.25. The number of hydrogen-bond donors (Lipinski definition) is 2. The zero-order valence-electron chi connectivity index (χ0n) is 14.3. The van der Waals surface area contributed by atoms with Gasteiger partial charge in [-0.3, -0.25) is 9.78 Å². The van der Waals surface area contributed by atoms with E-state index in [9.17, 15) is 9.59 Å². The lowest BCUT2D eigenvalue weighted by Gasteiger charge is -2.16. The second-order valence-corrected chi connectivity index (χ2v) is 7.08. The number of fused-ring (bicyclic) bond motifs is 1. The molecule has 140 valence electrons. The first-order chi connectivity index (χ1) is 13.0. The predicted molar refractivity (Wildman–Crippen MR) is 101 cm³/mol. The fourth-order valence-corrected chi connectivity index (χ4v) is 3.74. The number of H-pyrrole nitrogens is 1. The maximum atomic E-state index is 12.3. The van der Waals surface area contributed by atoms with Crippen LogP contribution in [0.15, 0.2) is 39.7 Å². The number of ether oxygens (including phenoxy) is 1. The van der Waals surface area contributed by atoms with Crippen LogP contribution in [0.3, 0.4) is 0 Å². The highest BCUT2D eigenvalue weighted by Crippen LogP contribution is 2.29. The minimum atomic E-state index is -0.370. The molecule has 0 aliphatic carbocycles. The molecule has 1 fully saturated rings. The molecule has 1 aliphatic rings. The van der Waals surface area contributed by atoms with Crippen LogP contribution in [0.4, 0.5) is 10.7 Å². The second-order valence-electron chi connectivity index (χ2n) is 6.33. The van der Waals surface area contributed by atoms with E-state index in [2.05, 4.69) is 31.0 Å². The Labute approximate surface area is 162 Å². The third-order valence-electron chi connectivity index (χ3n) is 4.52. The molecular formula is C17H17BrN6O3. The number of imidazole rings is 1. The summed E-state index contributed by atoms with van der Waals surface area (Å²) in [5.74, 6) is 0.533. The number of rotatable bonds is 3. The number of carbonyl (C=O) groups excluding carboxylic acids is 1. The van der Waals surface area contributed by atoms with Crippen LogP contribution in [0.1, 0.15) is 23.7 Å². The van der Waals surface area contributed by atoms with Crippen molar-refractivity contribution in [1.29, 1.82) is 0 Å². The van der Waals surface area contributed by atoms with E-state index in [1.54, 1.807) is 4.90 Å². The quantitative estimate of drug-likeness (QED) is 0.651. The fourth-order valence-electron chi connectivity index (χ4n) is 3.21. The van der Waals surface area contributed by atoms with Gasteiger partial charge in [0.25, 0.3) is 5.56 Å². The van der Waals surface area contributed by atoms with Crippen molar-refractivity contribution in [2.45, 2.75) is 18.9 Å². The summed E-state index contributed by atoms with van der Waals surface area (Å²) in [6.45, 7) is 1.21. The Morgan fingerprint density at radius 3 is 2.93 bits per heavy atom. The SMILES string of the molecule is Nc1nn2c([C@H]3CCN(C(=O)OCc4ccccc4)C3)nc(Br)c2c(=O)[nH]1. The predicted octanol–water partition coefficient (Wildman–Crippen LogP) is 1.89. The summed E-state index contributed by atoms with van der Waals surface area (Å²) in [6.07, 6.45) is 0.326. The lowest BCUT2D eigenvalue weighted by molar-refractivity contribution is 0.104. The highest BCUT2D eigenvalue weighted by molar-refractivity contribution is 9.10. The molecule has 0 bridgehead atoms. The molecule has 0 radical (unpaired) electrons. The van der Waals surface area contributed by atoms with Crippen molar-refractivity contribution >= 4 is 33.5 Å². The zero-order chi connectivity index (χ0) is 19.0. The molecule has 0 saturated carbocycles. The number of carbonyl (C=O) groups is 1. The van der Waals surface area contributed by atoms with Crippen LogP contribution >= 0.6 is 15.9 Å². The van der Waals surface area contributed by atoms with Crippen molar-refractivity contribution in [2.75, 3.05) is 18.8 Å². The van der Waals surface area contributed by atoms with Gasteiger partial charge in [-0.15, -0.1) is 5.10 Å². The van der Waals surface area contributed by atoms with E-state index >= 15 is 0 Å². The van der Waals surface area contributed by atoms with E-state index in [0.29, 0.717) is 35.5 Å². The van der Waals surface area contributed by atoms with E-state index < -0.39 is 0 Å². The van der Waals surface area contributed by atoms with Gasteiger partial charge < -0.3 is 15.4 Å². The molecule has 1 aliphatic heterocycles. The van der Waals surface area contributed by atoms with Crippen LogP contribution in [0.25, 0.3) is 5.52 Å². The number of benzene rings is 1. The van der Waals surface area contributed by atoms with Gasteiger partial charge in [0.2, 0.25) is 5.95 Å². The van der Waals surface area contributed by atoms with Crippen molar-refractivity contribution in [3.63, 3.8) is 0 Å². The van der Waals surface area contributed by atoms with E-state index in [-0.39, 0.29) is 30.1 Å². The summed E-state index contributed by atoms with van der Waals surface area (Å²) in [5, 5.41) is 4.16. The summed E-state index contributed by atoms with van der Waals surface area (Å²) >= 11 is 3.30. The van der Waals surface area contributed by atoms with Crippen molar-refractivity contribution in [3.8, 4) is 0 Å². The van der Waals surface area contributed by atoms with E-state index in [1.807, 2.05) is 30.3 Å². The van der Waals surface area contributed by atoms with Crippen LogP contribution in [0, 0.1) is 0 Å². The first kappa shape index (κ1) is 17.5. The Balaban J connectivity index is 1.49. The molecule has 1 aromatic carbocycles. The number of nitrogens with one attached hydrogen (secondary N) is 1. The van der Waals surface area contributed by atoms with Gasteiger partial charge in [0.15, 0.2) is 5.52 Å². The monoisotopic (exact) mass is 432 g/mol. The zero-order valence-corrected chi connectivity index (χ0v) is 15.8. The van der Waals surface area contributed by atoms with Gasteiger partial charge in [-0.2, -0.15) is 0 Å². The third kappa shape index (κ3) is 3.39. The number of aromatic nitrogens is 4. The van der Waals surface area contributed by atoms with Crippen LogP contribution in [0.5, 0.6) is 0 Å². The number of hydrogen-bond acceptors (Lipinski definition) is 6. The van der Waals surface area contributed by atoms with Gasteiger partial charge in [0.1, 0.15) is 17.0 Å². The summed E-state index contributed by atoms with van der Waals surface area (Å²) in [4.78, 5) is 33.0. The molecule has 1 saturated heterocycles. The van der Waals surface area contributed by atoms with Crippen molar-refractivity contribution in [3.05, 3.63) is 56.7 Å². The lowest BCUT2D eigenvalue weighted by Crippen LogP contribution is -2.29. The Bertz CT molecular complexity index is 1050. The molecule has 10 heteroatoms. The first-order valence-electron chi connectivity index (χ1n) is 8.42. The van der Waals surface area contributed by atoms with Crippen molar-refractivity contribution in [1.82, 2.24) is 24.5 Å². The van der Waals surface area contributed by atoms with Gasteiger partial charge in [-0.05, 0) is 27.9 Å². The maximum Gasteiger partial charge on any atom is 0.410 e. The number of likely N-dealkylation sites (tertiary alicyclic amines) is 1. The highest BCUT2D eigenvalue weighted by atomic mass is 79.9. The van der Waals surface area contributed by atoms with Crippen molar-refractivity contribution < 1.29 is 9.53 Å². The van der Waals surface area contributed by atoms with E-state index in [0.717, 1.165) is 5.56 Å². The number of amides is 1. The van der Waals surface area contributed by atoms with Crippen LogP contribution in [-0.4, -0.2) is 43.7 Å². The smallest absolute Gasteiger partial charge is 0.410 e. The molecule has 1 atom stereocenters.